The molecule has 1 aliphatic rings. The highest BCUT2D eigenvalue weighted by Gasteiger charge is 2.35. The third-order valence-corrected chi connectivity index (χ3v) is 4.32. The summed E-state index contributed by atoms with van der Waals surface area (Å²) in [6, 6.07) is 1.18. The fraction of sp³-hybridized carbons (Fsp3) is 0.647. The van der Waals surface area contributed by atoms with Crippen LogP contribution in [0.5, 0.6) is 0 Å². The molecule has 0 aromatic carbocycles. The normalized spacial score (nSPS) is 20.8. The molecule has 1 N–H and O–H groups in total. The van der Waals surface area contributed by atoms with E-state index in [2.05, 4.69) is 35.8 Å². The van der Waals surface area contributed by atoms with Crippen molar-refractivity contribution >= 4 is 17.5 Å². The van der Waals surface area contributed by atoms with Gasteiger partial charge in [0.05, 0.1) is 23.7 Å². The predicted molar refractivity (Wildman–Crippen MR) is 92.6 cm³/mol. The Kier molecular flexibility index (Phi) is 5.94. The van der Waals surface area contributed by atoms with Gasteiger partial charge in [0.1, 0.15) is 0 Å². The number of anilines is 1. The van der Waals surface area contributed by atoms with Crippen LogP contribution in [-0.4, -0.2) is 42.2 Å². The molecule has 1 fully saturated rings. The zero-order valence-corrected chi connectivity index (χ0v) is 15.1. The van der Waals surface area contributed by atoms with E-state index >= 15 is 0 Å². The standard InChI is InChI=1S/C17H25N3O5/c1-17(2,3)14-11(6-5-7-25-14)9-18-15-13(20(22)23)8-12(10-19-15)16(21)24-4/h8,10-11,14H,5-7,9H2,1-4H3,(H,18,19). The Bertz CT molecular complexity index is 642. The SMILES string of the molecule is COC(=O)c1cnc(NCC2CCCOC2C(C)(C)C)c([N+](=O)[O-])c1. The fourth-order valence-electron chi connectivity index (χ4n) is 3.20. The summed E-state index contributed by atoms with van der Waals surface area (Å²) < 4.78 is 10.5. The lowest BCUT2D eigenvalue weighted by molar-refractivity contribution is -0.384. The minimum Gasteiger partial charge on any atom is -0.465 e. The summed E-state index contributed by atoms with van der Waals surface area (Å²) in [6.07, 6.45) is 3.31. The summed E-state index contributed by atoms with van der Waals surface area (Å²) >= 11 is 0. The van der Waals surface area contributed by atoms with E-state index in [0.29, 0.717) is 6.54 Å². The number of carbonyl (C=O) groups excluding carboxylic acids is 1. The number of hydrogen-bond acceptors (Lipinski definition) is 7. The molecule has 2 atom stereocenters. The average Bonchev–Trinajstić information content (AvgIpc) is 2.58. The van der Waals surface area contributed by atoms with Crippen molar-refractivity contribution in [3.05, 3.63) is 27.9 Å². The molecule has 1 aromatic rings. The maximum atomic E-state index is 11.5. The third kappa shape index (κ3) is 4.66. The van der Waals surface area contributed by atoms with E-state index in [1.165, 1.54) is 19.4 Å². The summed E-state index contributed by atoms with van der Waals surface area (Å²) in [5.74, 6) is -0.276. The zero-order valence-electron chi connectivity index (χ0n) is 15.1. The number of nitrogens with one attached hydrogen (secondary N) is 1. The first kappa shape index (κ1) is 19.1. The second kappa shape index (κ2) is 7.77. The van der Waals surface area contributed by atoms with E-state index in [4.69, 9.17) is 4.74 Å². The lowest BCUT2D eigenvalue weighted by Gasteiger charge is -2.40. The topological polar surface area (TPSA) is 104 Å². The number of ether oxygens (including phenoxy) is 2. The van der Waals surface area contributed by atoms with Crippen LogP contribution in [-0.2, 0) is 9.47 Å². The van der Waals surface area contributed by atoms with E-state index in [0.717, 1.165) is 19.4 Å². The number of nitrogens with zero attached hydrogens (tertiary/aromatic N) is 2. The molecule has 1 saturated heterocycles. The van der Waals surface area contributed by atoms with Crippen LogP contribution in [0.3, 0.4) is 0 Å². The molecule has 2 rings (SSSR count). The molecule has 25 heavy (non-hydrogen) atoms. The average molecular weight is 351 g/mol. The Morgan fingerprint density at radius 3 is 2.84 bits per heavy atom. The minimum atomic E-state index is -0.657. The van der Waals surface area contributed by atoms with Crippen LogP contribution in [0.15, 0.2) is 12.3 Å². The van der Waals surface area contributed by atoms with Gasteiger partial charge in [-0.1, -0.05) is 20.8 Å². The molecule has 0 aliphatic carbocycles. The number of nitro groups is 1. The van der Waals surface area contributed by atoms with Crippen molar-refractivity contribution in [3.8, 4) is 0 Å². The number of pyridine rings is 1. The highest BCUT2D eigenvalue weighted by atomic mass is 16.6. The van der Waals surface area contributed by atoms with Crippen LogP contribution < -0.4 is 5.32 Å². The van der Waals surface area contributed by atoms with Crippen molar-refractivity contribution in [1.82, 2.24) is 4.98 Å². The van der Waals surface area contributed by atoms with Gasteiger partial charge in [-0.05, 0) is 18.3 Å². The van der Waals surface area contributed by atoms with E-state index < -0.39 is 10.9 Å². The lowest BCUT2D eigenvalue weighted by atomic mass is 9.78. The van der Waals surface area contributed by atoms with Gasteiger partial charge in [0.2, 0.25) is 5.82 Å². The van der Waals surface area contributed by atoms with Gasteiger partial charge in [-0.3, -0.25) is 10.1 Å². The third-order valence-electron chi connectivity index (χ3n) is 4.32. The molecule has 1 aliphatic heterocycles. The van der Waals surface area contributed by atoms with Crippen LogP contribution in [0.2, 0.25) is 0 Å². The quantitative estimate of drug-likeness (QED) is 0.494. The monoisotopic (exact) mass is 351 g/mol. The highest BCUT2D eigenvalue weighted by molar-refractivity contribution is 5.90. The van der Waals surface area contributed by atoms with Gasteiger partial charge in [0.25, 0.3) is 0 Å². The van der Waals surface area contributed by atoms with Crippen LogP contribution >= 0.6 is 0 Å². The fourth-order valence-corrected chi connectivity index (χ4v) is 3.20. The largest absolute Gasteiger partial charge is 0.465 e. The van der Waals surface area contributed by atoms with E-state index in [1.54, 1.807) is 0 Å². The van der Waals surface area contributed by atoms with Gasteiger partial charge in [-0.2, -0.15) is 0 Å². The first-order chi connectivity index (χ1) is 11.7. The molecule has 2 unspecified atom stereocenters. The molecule has 1 aromatic heterocycles. The summed E-state index contributed by atoms with van der Waals surface area (Å²) in [7, 11) is 1.22. The molecule has 0 amide bonds. The van der Waals surface area contributed by atoms with Crippen molar-refractivity contribution in [2.45, 2.75) is 39.7 Å². The van der Waals surface area contributed by atoms with Gasteiger partial charge in [-0.15, -0.1) is 0 Å². The second-order valence-corrected chi connectivity index (χ2v) is 7.28. The van der Waals surface area contributed by atoms with E-state index in [1.807, 2.05) is 0 Å². The van der Waals surface area contributed by atoms with Crippen molar-refractivity contribution < 1.29 is 19.2 Å². The number of carbonyl (C=O) groups is 1. The summed E-state index contributed by atoms with van der Waals surface area (Å²) in [5.41, 5.74) is -0.207. The van der Waals surface area contributed by atoms with Crippen molar-refractivity contribution in [2.75, 3.05) is 25.6 Å². The van der Waals surface area contributed by atoms with Crippen LogP contribution in [0, 0.1) is 21.4 Å². The van der Waals surface area contributed by atoms with Crippen molar-refractivity contribution in [2.24, 2.45) is 11.3 Å². The van der Waals surface area contributed by atoms with Crippen LogP contribution in [0.4, 0.5) is 11.5 Å². The van der Waals surface area contributed by atoms with Crippen LogP contribution in [0.1, 0.15) is 44.0 Å². The number of hydrogen-bond donors (Lipinski definition) is 1. The minimum absolute atomic E-state index is 0.0130. The molecule has 2 heterocycles. The zero-order chi connectivity index (χ0) is 18.6. The summed E-state index contributed by atoms with van der Waals surface area (Å²) in [6.45, 7) is 7.64. The number of methoxy groups -OCH3 is 1. The molecule has 0 bridgehead atoms. The van der Waals surface area contributed by atoms with Gasteiger partial charge < -0.3 is 14.8 Å². The molecule has 8 heteroatoms. The maximum Gasteiger partial charge on any atom is 0.339 e. The molecule has 0 saturated carbocycles. The molecular weight excluding hydrogens is 326 g/mol. The Balaban J connectivity index is 2.16. The van der Waals surface area contributed by atoms with Gasteiger partial charge in [0, 0.05) is 31.3 Å². The van der Waals surface area contributed by atoms with E-state index in [9.17, 15) is 14.9 Å². The molecule has 8 nitrogen and oxygen atoms in total. The number of aromatic nitrogens is 1. The summed E-state index contributed by atoms with van der Waals surface area (Å²) in [5, 5.41) is 14.4. The molecule has 0 spiro atoms. The Hall–Kier alpha value is -2.22. The predicted octanol–water partition coefficient (Wildman–Crippen LogP) is 3.03. The smallest absolute Gasteiger partial charge is 0.339 e. The van der Waals surface area contributed by atoms with E-state index in [-0.39, 0.29) is 34.5 Å². The number of esters is 1. The van der Waals surface area contributed by atoms with Crippen LogP contribution in [0.25, 0.3) is 0 Å². The number of rotatable bonds is 5. The first-order valence-electron chi connectivity index (χ1n) is 8.32. The first-order valence-corrected chi connectivity index (χ1v) is 8.32. The molecule has 0 radical (unpaired) electrons. The Morgan fingerprint density at radius 1 is 1.52 bits per heavy atom. The molecular formula is C17H25N3O5. The van der Waals surface area contributed by atoms with Gasteiger partial charge >= 0.3 is 11.7 Å². The second-order valence-electron chi connectivity index (χ2n) is 7.28. The summed E-state index contributed by atoms with van der Waals surface area (Å²) in [4.78, 5) is 26.3. The van der Waals surface area contributed by atoms with Gasteiger partial charge in [-0.25, -0.2) is 9.78 Å². The lowest BCUT2D eigenvalue weighted by Crippen LogP contribution is -2.42. The maximum absolute atomic E-state index is 11.5. The van der Waals surface area contributed by atoms with Crippen molar-refractivity contribution in [1.29, 1.82) is 0 Å². The Morgan fingerprint density at radius 2 is 2.24 bits per heavy atom. The van der Waals surface area contributed by atoms with Gasteiger partial charge in [0.15, 0.2) is 0 Å². The Labute approximate surface area is 147 Å². The molecule has 138 valence electrons. The van der Waals surface area contributed by atoms with Crippen molar-refractivity contribution in [3.63, 3.8) is 0 Å². The highest BCUT2D eigenvalue weighted by Crippen LogP contribution is 2.34.